The van der Waals surface area contributed by atoms with Crippen LogP contribution in [0.1, 0.15) is 44.9 Å². The molecule has 10 aromatic carbocycles. The minimum atomic E-state index is -0.373. The summed E-state index contributed by atoms with van der Waals surface area (Å²) in [6, 6.07) is 82.9. The summed E-state index contributed by atoms with van der Waals surface area (Å²) in [6.45, 7) is 0. The van der Waals surface area contributed by atoms with Gasteiger partial charge in [-0.2, -0.15) is 0 Å². The summed E-state index contributed by atoms with van der Waals surface area (Å²) in [7, 11) is 0. The molecule has 1 unspecified atom stereocenters. The van der Waals surface area contributed by atoms with E-state index in [2.05, 4.69) is 224 Å². The summed E-state index contributed by atoms with van der Waals surface area (Å²) in [5.41, 5.74) is 20.5. The maximum absolute atomic E-state index is 7.04. The fourth-order valence-electron chi connectivity index (χ4n) is 11.0. The van der Waals surface area contributed by atoms with Gasteiger partial charge in [0.1, 0.15) is 11.2 Å². The Bertz CT molecular complexity index is 3470. The van der Waals surface area contributed by atoms with Crippen LogP contribution in [-0.2, 0) is 5.41 Å². The predicted octanol–water partition coefficient (Wildman–Crippen LogP) is 15.6. The third-order valence-electron chi connectivity index (χ3n) is 13.6. The Balaban J connectivity index is 0.976. The fourth-order valence-corrected chi connectivity index (χ4v) is 11.0. The van der Waals surface area contributed by atoms with Gasteiger partial charge in [-0.3, -0.25) is 0 Å². The predicted molar refractivity (Wildman–Crippen MR) is 252 cm³/mol. The minimum absolute atomic E-state index is 0.0626. The molecule has 0 radical (unpaired) electrons. The first-order valence-corrected chi connectivity index (χ1v) is 21.3. The minimum Gasteiger partial charge on any atom is -0.455 e. The van der Waals surface area contributed by atoms with Gasteiger partial charge in [0.25, 0.3) is 0 Å². The van der Waals surface area contributed by atoms with E-state index in [-0.39, 0.29) is 11.3 Å². The van der Waals surface area contributed by atoms with Gasteiger partial charge in [0, 0.05) is 27.8 Å². The second-order valence-corrected chi connectivity index (χ2v) is 16.7. The van der Waals surface area contributed by atoms with Crippen LogP contribution >= 0.6 is 0 Å². The van der Waals surface area contributed by atoms with Gasteiger partial charge >= 0.3 is 0 Å². The number of hydrogen-bond acceptors (Lipinski definition) is 1. The summed E-state index contributed by atoms with van der Waals surface area (Å²) < 4.78 is 7.04. The van der Waals surface area contributed by atoms with Crippen molar-refractivity contribution in [3.8, 4) is 44.5 Å². The Kier molecular flexibility index (Phi) is 7.35. The highest BCUT2D eigenvalue weighted by molar-refractivity contribution is 6.10. The van der Waals surface area contributed by atoms with Crippen LogP contribution in [0.3, 0.4) is 0 Å². The Morgan fingerprint density at radius 1 is 0.311 bits per heavy atom. The molecule has 0 aliphatic heterocycles. The third-order valence-corrected chi connectivity index (χ3v) is 13.6. The van der Waals surface area contributed by atoms with Crippen molar-refractivity contribution in [1.29, 1.82) is 0 Å². The lowest BCUT2D eigenvalue weighted by Gasteiger charge is -2.30. The van der Waals surface area contributed by atoms with Crippen molar-refractivity contribution < 1.29 is 4.42 Å². The number of furan rings is 1. The zero-order valence-corrected chi connectivity index (χ0v) is 33.3. The lowest BCUT2D eigenvalue weighted by atomic mass is 9.70. The van der Waals surface area contributed by atoms with E-state index >= 15 is 0 Å². The van der Waals surface area contributed by atoms with Gasteiger partial charge in [-0.15, -0.1) is 0 Å². The molecule has 2 aliphatic carbocycles. The number of benzene rings is 10. The largest absolute Gasteiger partial charge is 0.455 e. The van der Waals surface area contributed by atoms with Crippen LogP contribution in [0.2, 0.25) is 0 Å². The smallest absolute Gasteiger partial charge is 0.143 e. The van der Waals surface area contributed by atoms with Crippen LogP contribution in [0, 0.1) is 0 Å². The number of hydrogen-bond donors (Lipinski definition) is 0. The average Bonchev–Trinajstić information content (AvgIpc) is 3.97. The maximum Gasteiger partial charge on any atom is 0.143 e. The van der Waals surface area contributed by atoms with Crippen LogP contribution in [0.5, 0.6) is 0 Å². The van der Waals surface area contributed by atoms with Gasteiger partial charge < -0.3 is 4.42 Å². The Morgan fingerprint density at radius 2 is 0.852 bits per heavy atom. The molecule has 1 spiro atoms. The monoisotopic (exact) mass is 774 g/mol. The van der Waals surface area contributed by atoms with Crippen LogP contribution < -0.4 is 0 Å². The molecule has 61 heavy (non-hydrogen) atoms. The topological polar surface area (TPSA) is 13.1 Å². The SMILES string of the molecule is c1ccc(-c2cccc3c2oc2c(C(c4ccc(-c5ccc6c(c5)C5(c7ccccc7-c7ccccc75)c5ccccc5-6)cc4)c4ccc5ccccc5c4)cccc23)cc1. The summed E-state index contributed by atoms with van der Waals surface area (Å²) in [5.74, 6) is -0.0626. The zero-order chi connectivity index (χ0) is 40.1. The third kappa shape index (κ3) is 4.89. The molecule has 0 fully saturated rings. The number of para-hydroxylation sites is 2. The molecule has 1 aromatic heterocycles. The molecule has 0 amide bonds. The first-order chi connectivity index (χ1) is 30.3. The van der Waals surface area contributed by atoms with Crippen LogP contribution in [0.15, 0.2) is 229 Å². The second-order valence-electron chi connectivity index (χ2n) is 16.7. The van der Waals surface area contributed by atoms with E-state index in [0.29, 0.717) is 0 Å². The van der Waals surface area contributed by atoms with E-state index in [4.69, 9.17) is 4.42 Å². The molecule has 13 rings (SSSR count). The van der Waals surface area contributed by atoms with Crippen molar-refractivity contribution in [2.24, 2.45) is 0 Å². The van der Waals surface area contributed by atoms with E-state index < -0.39 is 0 Å². The van der Waals surface area contributed by atoms with Crippen molar-refractivity contribution in [3.05, 3.63) is 263 Å². The van der Waals surface area contributed by atoms with Gasteiger partial charge in [-0.05, 0) is 89.2 Å². The van der Waals surface area contributed by atoms with E-state index in [0.717, 1.165) is 38.6 Å². The molecule has 0 saturated heterocycles. The maximum atomic E-state index is 7.04. The van der Waals surface area contributed by atoms with Gasteiger partial charge in [0.05, 0.1) is 5.41 Å². The van der Waals surface area contributed by atoms with Gasteiger partial charge in [0.2, 0.25) is 0 Å². The highest BCUT2D eigenvalue weighted by Gasteiger charge is 2.51. The molecule has 2 aliphatic rings. The molecule has 284 valence electrons. The van der Waals surface area contributed by atoms with Crippen LogP contribution in [0.4, 0.5) is 0 Å². The molecular weight excluding hydrogens is 737 g/mol. The molecule has 0 bridgehead atoms. The standard InChI is InChI=1S/C60H38O/c1-2-15-40(16-3-1)45-21-12-22-50-51-23-13-24-52(59(51)61-58(45)50)57(44-33-30-38-14-4-5-17-42(38)36-44)41-31-28-39(29-32-41)43-34-35-49-48-20-8-11-27-55(48)60(56(49)37-43)53-25-9-6-18-46(53)47-19-7-10-26-54(47)60/h1-37,57H. The van der Waals surface area contributed by atoms with Gasteiger partial charge in [-0.1, -0.05) is 218 Å². The molecule has 1 heterocycles. The van der Waals surface area contributed by atoms with Crippen molar-refractivity contribution >= 4 is 32.7 Å². The zero-order valence-electron chi connectivity index (χ0n) is 33.3. The highest BCUT2D eigenvalue weighted by Crippen LogP contribution is 2.63. The van der Waals surface area contributed by atoms with Gasteiger partial charge in [0.15, 0.2) is 0 Å². The Labute approximate surface area is 354 Å². The molecule has 0 saturated carbocycles. The summed E-state index contributed by atoms with van der Waals surface area (Å²) in [6.07, 6.45) is 0. The summed E-state index contributed by atoms with van der Waals surface area (Å²) in [4.78, 5) is 0. The molecule has 0 N–H and O–H groups in total. The average molecular weight is 775 g/mol. The Morgan fingerprint density at radius 3 is 1.56 bits per heavy atom. The van der Waals surface area contributed by atoms with E-state index in [1.165, 1.54) is 77.5 Å². The van der Waals surface area contributed by atoms with Gasteiger partial charge in [-0.25, -0.2) is 0 Å². The van der Waals surface area contributed by atoms with Crippen molar-refractivity contribution in [2.45, 2.75) is 11.3 Å². The van der Waals surface area contributed by atoms with E-state index in [9.17, 15) is 0 Å². The molecular formula is C60H38O. The lowest BCUT2D eigenvalue weighted by molar-refractivity contribution is 0.662. The van der Waals surface area contributed by atoms with Crippen molar-refractivity contribution in [1.82, 2.24) is 0 Å². The number of rotatable bonds is 5. The first kappa shape index (κ1) is 34.2. The van der Waals surface area contributed by atoms with Crippen LogP contribution in [-0.4, -0.2) is 0 Å². The molecule has 1 nitrogen and oxygen atoms in total. The highest BCUT2D eigenvalue weighted by atomic mass is 16.3. The normalized spacial score (nSPS) is 13.6. The number of fused-ring (bicyclic) bond motifs is 14. The summed E-state index contributed by atoms with van der Waals surface area (Å²) >= 11 is 0. The molecule has 1 atom stereocenters. The Hall–Kier alpha value is -7.74. The van der Waals surface area contributed by atoms with Crippen LogP contribution in [0.25, 0.3) is 77.2 Å². The van der Waals surface area contributed by atoms with E-state index in [1.54, 1.807) is 0 Å². The first-order valence-electron chi connectivity index (χ1n) is 21.3. The van der Waals surface area contributed by atoms with Crippen molar-refractivity contribution in [2.75, 3.05) is 0 Å². The molecule has 11 aromatic rings. The quantitative estimate of drug-likeness (QED) is 0.159. The van der Waals surface area contributed by atoms with Crippen molar-refractivity contribution in [3.63, 3.8) is 0 Å². The second kappa shape index (κ2) is 13.1. The molecule has 1 heteroatoms. The lowest BCUT2D eigenvalue weighted by Crippen LogP contribution is -2.25. The van der Waals surface area contributed by atoms with E-state index in [1.807, 2.05) is 0 Å². The fraction of sp³-hybridized carbons (Fsp3) is 0.0333. The summed E-state index contributed by atoms with van der Waals surface area (Å²) in [5, 5.41) is 4.73.